The molecule has 0 spiro atoms. The van der Waals surface area contributed by atoms with Crippen LogP contribution in [-0.4, -0.2) is 66.9 Å². The van der Waals surface area contributed by atoms with Gasteiger partial charge in [0, 0.05) is 0 Å². The molecule has 0 saturated carbocycles. The van der Waals surface area contributed by atoms with Crippen LogP contribution in [0.1, 0.15) is 36.2 Å². The Hall–Kier alpha value is -2.79. The maximum atomic E-state index is 10.4. The lowest BCUT2D eigenvalue weighted by Gasteiger charge is -2.27. The van der Waals surface area contributed by atoms with Crippen LogP contribution in [0.25, 0.3) is 11.2 Å². The first-order valence-electron chi connectivity index (χ1n) is 10.3. The molecule has 0 radical (unpaired) electrons. The van der Waals surface area contributed by atoms with Crippen molar-refractivity contribution in [1.29, 1.82) is 0 Å². The number of nitrogens with zero attached hydrogens (tertiary/aromatic N) is 4. The normalized spacial score (nSPS) is 27.9. The molecule has 10 nitrogen and oxygen atoms in total. The maximum absolute atomic E-state index is 10.4. The minimum atomic E-state index is -1.21. The molecule has 2 unspecified atom stereocenters. The zero-order valence-corrected chi connectivity index (χ0v) is 17.0. The lowest BCUT2D eigenvalue weighted by Crippen LogP contribution is -2.33. The lowest BCUT2D eigenvalue weighted by atomic mass is 9.87. The minimum absolute atomic E-state index is 0.0758. The molecule has 10 heteroatoms. The Morgan fingerprint density at radius 2 is 2.10 bits per heavy atom. The Morgan fingerprint density at radius 3 is 2.87 bits per heavy atom. The molecule has 1 aliphatic heterocycles. The summed E-state index contributed by atoms with van der Waals surface area (Å²) in [6.07, 6.45) is 1.78. The van der Waals surface area contributed by atoms with E-state index in [2.05, 4.69) is 32.4 Å². The summed E-state index contributed by atoms with van der Waals surface area (Å²) in [6.45, 7) is -0.394. The van der Waals surface area contributed by atoms with Crippen LogP contribution in [0, 0.1) is 0 Å². The van der Waals surface area contributed by atoms with Gasteiger partial charge < -0.3 is 30.1 Å². The zero-order chi connectivity index (χ0) is 21.5. The second kappa shape index (κ2) is 8.04. The van der Waals surface area contributed by atoms with Gasteiger partial charge in [-0.05, 0) is 42.5 Å². The monoisotopic (exact) mass is 427 g/mol. The highest BCUT2D eigenvalue weighted by Crippen LogP contribution is 2.36. The van der Waals surface area contributed by atoms with Gasteiger partial charge in [-0.2, -0.15) is 0 Å². The van der Waals surface area contributed by atoms with E-state index in [1.165, 1.54) is 23.8 Å². The average Bonchev–Trinajstić information content (AvgIpc) is 3.35. The number of ether oxygens (including phenoxy) is 2. The van der Waals surface area contributed by atoms with Crippen LogP contribution in [-0.2, 0) is 11.2 Å². The number of aryl methyl sites for hydroxylation is 1. The summed E-state index contributed by atoms with van der Waals surface area (Å²) in [7, 11) is 1.67. The molecular weight excluding hydrogens is 402 g/mol. The summed E-state index contributed by atoms with van der Waals surface area (Å²) in [6, 6.07) is 6.20. The van der Waals surface area contributed by atoms with Crippen LogP contribution in [0.15, 0.2) is 30.9 Å². The molecule has 5 atom stereocenters. The van der Waals surface area contributed by atoms with Crippen molar-refractivity contribution in [2.45, 2.75) is 49.8 Å². The van der Waals surface area contributed by atoms with Gasteiger partial charge in [0.15, 0.2) is 23.2 Å². The molecule has 5 rings (SSSR count). The highest BCUT2D eigenvalue weighted by atomic mass is 16.6. The fraction of sp³-hybridized carbons (Fsp3) is 0.476. The van der Waals surface area contributed by atoms with Gasteiger partial charge >= 0.3 is 0 Å². The molecular formula is C21H25N5O5. The maximum Gasteiger partial charge on any atom is 0.167 e. The second-order valence-corrected chi connectivity index (χ2v) is 7.93. The summed E-state index contributed by atoms with van der Waals surface area (Å²) in [5.41, 5.74) is 3.48. The number of hydrogen-bond acceptors (Lipinski definition) is 9. The van der Waals surface area contributed by atoms with Crippen LogP contribution in [0.2, 0.25) is 0 Å². The fourth-order valence-electron chi connectivity index (χ4n) is 4.49. The number of rotatable bonds is 5. The topological polar surface area (TPSA) is 135 Å². The molecule has 31 heavy (non-hydrogen) atoms. The molecule has 0 amide bonds. The molecule has 3 heterocycles. The van der Waals surface area contributed by atoms with E-state index in [4.69, 9.17) is 9.47 Å². The average molecular weight is 427 g/mol. The van der Waals surface area contributed by atoms with Crippen LogP contribution in [0.5, 0.6) is 5.75 Å². The van der Waals surface area contributed by atoms with Gasteiger partial charge in [0.2, 0.25) is 0 Å². The molecule has 1 fully saturated rings. The molecule has 164 valence electrons. The van der Waals surface area contributed by atoms with E-state index in [0.29, 0.717) is 17.0 Å². The van der Waals surface area contributed by atoms with E-state index in [1.807, 2.05) is 6.07 Å². The van der Waals surface area contributed by atoms with Gasteiger partial charge in [-0.3, -0.25) is 4.57 Å². The van der Waals surface area contributed by atoms with Gasteiger partial charge in [0.1, 0.15) is 30.4 Å². The first-order chi connectivity index (χ1) is 15.1. The predicted octanol–water partition coefficient (Wildman–Crippen LogP) is 0.936. The standard InChI is InChI=1S/C21H25N5O5/c1-30-12-5-6-13-11(7-12)3-2-4-14(13)25-19-16-20(23-9-22-19)26(10-24-16)21-18(29)17(28)15(8-27)31-21/h5-7,9-10,14-15,17-18,21,27-29H,2-4,8H2,1H3,(H,22,23,25)/t14?,15-,17+,18?,21-/m1/s1. The highest BCUT2D eigenvalue weighted by molar-refractivity contribution is 5.83. The van der Waals surface area contributed by atoms with Crippen molar-refractivity contribution < 1.29 is 24.8 Å². The molecule has 3 aromatic rings. The Bertz CT molecular complexity index is 1090. The van der Waals surface area contributed by atoms with Crippen molar-refractivity contribution in [3.05, 3.63) is 42.0 Å². The van der Waals surface area contributed by atoms with Crippen molar-refractivity contribution in [2.75, 3.05) is 19.0 Å². The van der Waals surface area contributed by atoms with Crippen molar-refractivity contribution in [3.8, 4) is 5.75 Å². The van der Waals surface area contributed by atoms with Crippen LogP contribution in [0.4, 0.5) is 5.82 Å². The number of hydrogen-bond donors (Lipinski definition) is 4. The van der Waals surface area contributed by atoms with E-state index < -0.39 is 31.1 Å². The summed E-state index contributed by atoms with van der Waals surface area (Å²) >= 11 is 0. The van der Waals surface area contributed by atoms with E-state index in [1.54, 1.807) is 11.7 Å². The predicted molar refractivity (Wildman–Crippen MR) is 111 cm³/mol. The van der Waals surface area contributed by atoms with Gasteiger partial charge in [-0.25, -0.2) is 15.0 Å². The first-order valence-corrected chi connectivity index (χ1v) is 10.3. The Kier molecular flexibility index (Phi) is 5.22. The van der Waals surface area contributed by atoms with Crippen LogP contribution < -0.4 is 10.1 Å². The Morgan fingerprint density at radius 1 is 1.23 bits per heavy atom. The third-order valence-electron chi connectivity index (χ3n) is 6.13. The number of aliphatic hydroxyl groups is 3. The van der Waals surface area contributed by atoms with E-state index >= 15 is 0 Å². The Labute approximate surface area is 178 Å². The number of fused-ring (bicyclic) bond motifs is 2. The van der Waals surface area contributed by atoms with Gasteiger partial charge in [0.25, 0.3) is 0 Å². The molecule has 1 aromatic carbocycles. The quantitative estimate of drug-likeness (QED) is 0.469. The molecule has 4 N–H and O–H groups in total. The number of aliphatic hydroxyl groups excluding tert-OH is 3. The molecule has 2 aliphatic rings. The SMILES string of the molecule is COc1ccc2c(c1)CCCC2Nc1ncnc2c1ncn2[C@@H]1O[C@H](CO)[C@H](O)C1O. The summed E-state index contributed by atoms with van der Waals surface area (Å²) in [5.74, 6) is 1.44. The number of anilines is 1. The van der Waals surface area contributed by atoms with Gasteiger partial charge in [-0.1, -0.05) is 6.07 Å². The smallest absolute Gasteiger partial charge is 0.167 e. The van der Waals surface area contributed by atoms with Crippen molar-refractivity contribution in [3.63, 3.8) is 0 Å². The number of benzene rings is 1. The van der Waals surface area contributed by atoms with Gasteiger partial charge in [-0.15, -0.1) is 0 Å². The number of imidazole rings is 1. The van der Waals surface area contributed by atoms with Crippen LogP contribution >= 0.6 is 0 Å². The fourth-order valence-corrected chi connectivity index (χ4v) is 4.49. The van der Waals surface area contributed by atoms with Crippen molar-refractivity contribution >= 4 is 17.0 Å². The van der Waals surface area contributed by atoms with Crippen LogP contribution in [0.3, 0.4) is 0 Å². The molecule has 1 saturated heterocycles. The molecule has 0 bridgehead atoms. The van der Waals surface area contributed by atoms with Gasteiger partial charge in [0.05, 0.1) is 26.1 Å². The summed E-state index contributed by atoms with van der Waals surface area (Å²) in [4.78, 5) is 13.2. The lowest BCUT2D eigenvalue weighted by molar-refractivity contribution is -0.0511. The molecule has 2 aromatic heterocycles. The third-order valence-corrected chi connectivity index (χ3v) is 6.13. The molecule has 1 aliphatic carbocycles. The second-order valence-electron chi connectivity index (χ2n) is 7.93. The largest absolute Gasteiger partial charge is 0.497 e. The van der Waals surface area contributed by atoms with E-state index in [-0.39, 0.29) is 6.04 Å². The Balaban J connectivity index is 1.46. The summed E-state index contributed by atoms with van der Waals surface area (Å²) in [5, 5.41) is 33.3. The number of methoxy groups -OCH3 is 1. The third kappa shape index (κ3) is 3.41. The van der Waals surface area contributed by atoms with E-state index in [9.17, 15) is 15.3 Å². The number of nitrogens with one attached hydrogen (secondary N) is 1. The summed E-state index contributed by atoms with van der Waals surface area (Å²) < 4.78 is 12.5. The number of aromatic nitrogens is 4. The zero-order valence-electron chi connectivity index (χ0n) is 17.0. The highest BCUT2D eigenvalue weighted by Gasteiger charge is 2.44. The minimum Gasteiger partial charge on any atom is -0.497 e. The van der Waals surface area contributed by atoms with Crippen molar-refractivity contribution in [1.82, 2.24) is 19.5 Å². The first kappa shape index (κ1) is 20.1. The van der Waals surface area contributed by atoms with Crippen molar-refractivity contribution in [2.24, 2.45) is 0 Å². The van der Waals surface area contributed by atoms with E-state index in [0.717, 1.165) is 25.0 Å².